The number of anilines is 1. The topological polar surface area (TPSA) is 64.1 Å². The van der Waals surface area contributed by atoms with Gasteiger partial charge in [0, 0.05) is 0 Å². The van der Waals surface area contributed by atoms with Crippen molar-refractivity contribution in [1.82, 2.24) is 9.97 Å². The quantitative estimate of drug-likeness (QED) is 0.752. The van der Waals surface area contributed by atoms with Gasteiger partial charge in [0.25, 0.3) is 0 Å². The summed E-state index contributed by atoms with van der Waals surface area (Å²) in [6, 6.07) is 0. The molecular formula is C9H11F2N3O2. The van der Waals surface area contributed by atoms with Crippen molar-refractivity contribution in [2.75, 3.05) is 5.32 Å². The molecule has 0 aliphatic carbocycles. The minimum atomic E-state index is -1.15. The second-order valence-electron chi connectivity index (χ2n) is 3.96. The van der Waals surface area contributed by atoms with E-state index in [2.05, 4.69) is 9.97 Å². The van der Waals surface area contributed by atoms with Crippen molar-refractivity contribution >= 4 is 11.8 Å². The van der Waals surface area contributed by atoms with E-state index in [1.807, 2.05) is 5.32 Å². The van der Waals surface area contributed by atoms with Gasteiger partial charge in [-0.3, -0.25) is 5.32 Å². The summed E-state index contributed by atoms with van der Waals surface area (Å²) < 4.78 is 30.8. The van der Waals surface area contributed by atoms with Gasteiger partial charge in [-0.25, -0.2) is 14.8 Å². The second kappa shape index (κ2) is 4.38. The van der Waals surface area contributed by atoms with E-state index in [9.17, 15) is 13.6 Å². The minimum absolute atomic E-state index is 0.713. The third-order valence-electron chi connectivity index (χ3n) is 1.38. The highest BCUT2D eigenvalue weighted by atomic mass is 19.1. The number of amides is 1. The summed E-state index contributed by atoms with van der Waals surface area (Å²) in [5, 5.41) is 1.90. The van der Waals surface area contributed by atoms with E-state index in [1.165, 1.54) is 0 Å². The smallest absolute Gasteiger partial charge is 0.412 e. The first-order valence-electron chi connectivity index (χ1n) is 4.45. The lowest BCUT2D eigenvalue weighted by atomic mass is 10.2. The van der Waals surface area contributed by atoms with E-state index in [-0.39, 0.29) is 0 Å². The van der Waals surface area contributed by atoms with Crippen molar-refractivity contribution in [2.24, 2.45) is 0 Å². The fourth-order valence-corrected chi connectivity index (χ4v) is 0.853. The number of ether oxygens (including phenoxy) is 1. The van der Waals surface area contributed by atoms with Crippen LogP contribution in [0.2, 0.25) is 0 Å². The molecule has 1 N–H and O–H groups in total. The Morgan fingerprint density at radius 2 is 1.81 bits per heavy atom. The van der Waals surface area contributed by atoms with Gasteiger partial charge in [-0.2, -0.15) is 8.78 Å². The number of aromatic nitrogens is 2. The summed E-state index contributed by atoms with van der Waals surface area (Å²) in [6.07, 6.45) is -0.259. The van der Waals surface area contributed by atoms with Crippen molar-refractivity contribution in [2.45, 2.75) is 26.4 Å². The molecule has 1 amide bonds. The van der Waals surface area contributed by atoms with Crippen molar-refractivity contribution in [1.29, 1.82) is 0 Å². The lowest BCUT2D eigenvalue weighted by Gasteiger charge is -2.19. The maximum absolute atomic E-state index is 13.0. The van der Waals surface area contributed by atoms with Gasteiger partial charge in [0.15, 0.2) is 5.69 Å². The van der Waals surface area contributed by atoms with Gasteiger partial charge in [-0.05, 0) is 20.8 Å². The van der Waals surface area contributed by atoms with Crippen LogP contribution < -0.4 is 5.32 Å². The SMILES string of the molecule is CC(C)(C)OC(=O)Nc1c(F)ncnc1F. The molecule has 0 aliphatic heterocycles. The molecular weight excluding hydrogens is 220 g/mol. The molecule has 0 unspecified atom stereocenters. The summed E-state index contributed by atoms with van der Waals surface area (Å²) in [6.45, 7) is 4.88. The Bertz CT molecular complexity index is 384. The van der Waals surface area contributed by atoms with E-state index < -0.39 is 29.3 Å². The third-order valence-corrected chi connectivity index (χ3v) is 1.38. The average molecular weight is 231 g/mol. The molecule has 0 bridgehead atoms. The summed E-state index contributed by atoms with van der Waals surface area (Å²) >= 11 is 0. The maximum Gasteiger partial charge on any atom is 0.412 e. The fourth-order valence-electron chi connectivity index (χ4n) is 0.853. The molecule has 0 fully saturated rings. The van der Waals surface area contributed by atoms with Crippen LogP contribution in [-0.2, 0) is 4.74 Å². The first kappa shape index (κ1) is 12.3. The Morgan fingerprint density at radius 3 is 2.25 bits per heavy atom. The standard InChI is InChI=1S/C9H11F2N3O2/c1-9(2,3)16-8(15)14-5-6(10)12-4-13-7(5)11/h4H,1-3H3,(H,14,15). The molecule has 1 aromatic rings. The van der Waals surface area contributed by atoms with Gasteiger partial charge < -0.3 is 4.74 Å². The van der Waals surface area contributed by atoms with Crippen molar-refractivity contribution < 1.29 is 18.3 Å². The third kappa shape index (κ3) is 3.41. The second-order valence-corrected chi connectivity index (χ2v) is 3.96. The van der Waals surface area contributed by atoms with E-state index >= 15 is 0 Å². The van der Waals surface area contributed by atoms with E-state index in [0.717, 1.165) is 0 Å². The molecule has 0 radical (unpaired) electrons. The molecule has 5 nitrogen and oxygen atoms in total. The predicted molar refractivity (Wildman–Crippen MR) is 51.8 cm³/mol. The molecule has 0 aliphatic rings. The predicted octanol–water partition coefficient (Wildman–Crippen LogP) is 2.10. The number of carbonyl (C=O) groups is 1. The Balaban J connectivity index is 2.78. The molecule has 1 heterocycles. The fraction of sp³-hybridized carbons (Fsp3) is 0.444. The zero-order chi connectivity index (χ0) is 12.3. The van der Waals surface area contributed by atoms with Crippen LogP contribution in [0.15, 0.2) is 6.33 Å². The summed E-state index contributed by atoms with van der Waals surface area (Å²) in [4.78, 5) is 17.4. The highest BCUT2D eigenvalue weighted by Crippen LogP contribution is 2.15. The summed E-state index contributed by atoms with van der Waals surface area (Å²) in [5.74, 6) is -2.31. The highest BCUT2D eigenvalue weighted by Gasteiger charge is 2.20. The number of rotatable bonds is 1. The number of nitrogens with zero attached hydrogens (tertiary/aromatic N) is 2. The number of halogens is 2. The van der Waals surface area contributed by atoms with Gasteiger partial charge >= 0.3 is 6.09 Å². The monoisotopic (exact) mass is 231 g/mol. The van der Waals surface area contributed by atoms with E-state index in [4.69, 9.17) is 4.74 Å². The van der Waals surface area contributed by atoms with Crippen LogP contribution >= 0.6 is 0 Å². The molecule has 0 aromatic carbocycles. The molecule has 1 rings (SSSR count). The van der Waals surface area contributed by atoms with Crippen LogP contribution in [0.3, 0.4) is 0 Å². The number of hydrogen-bond acceptors (Lipinski definition) is 4. The van der Waals surface area contributed by atoms with Gasteiger partial charge in [-0.15, -0.1) is 0 Å². The van der Waals surface area contributed by atoms with Crippen LogP contribution in [0.25, 0.3) is 0 Å². The Hall–Kier alpha value is -1.79. The molecule has 7 heteroatoms. The van der Waals surface area contributed by atoms with Crippen LogP contribution in [-0.4, -0.2) is 21.7 Å². The molecule has 0 saturated heterocycles. The molecule has 16 heavy (non-hydrogen) atoms. The minimum Gasteiger partial charge on any atom is -0.444 e. The molecule has 0 saturated carbocycles. The van der Waals surface area contributed by atoms with E-state index in [0.29, 0.717) is 6.33 Å². The van der Waals surface area contributed by atoms with Gasteiger partial charge in [0.05, 0.1) is 0 Å². The van der Waals surface area contributed by atoms with Crippen LogP contribution in [0.5, 0.6) is 0 Å². The van der Waals surface area contributed by atoms with Crippen molar-refractivity contribution in [3.8, 4) is 0 Å². The number of carbonyl (C=O) groups excluding carboxylic acids is 1. The zero-order valence-electron chi connectivity index (χ0n) is 9.04. The lowest BCUT2D eigenvalue weighted by molar-refractivity contribution is 0.0634. The Morgan fingerprint density at radius 1 is 1.31 bits per heavy atom. The average Bonchev–Trinajstić information content (AvgIpc) is 2.08. The maximum atomic E-state index is 13.0. The first-order chi connectivity index (χ1) is 7.29. The van der Waals surface area contributed by atoms with Crippen molar-refractivity contribution in [3.63, 3.8) is 0 Å². The van der Waals surface area contributed by atoms with Gasteiger partial charge in [-0.1, -0.05) is 0 Å². The van der Waals surface area contributed by atoms with Crippen LogP contribution in [0.1, 0.15) is 20.8 Å². The van der Waals surface area contributed by atoms with E-state index in [1.54, 1.807) is 20.8 Å². The van der Waals surface area contributed by atoms with Gasteiger partial charge in [0.2, 0.25) is 11.9 Å². The lowest BCUT2D eigenvalue weighted by Crippen LogP contribution is -2.28. The van der Waals surface area contributed by atoms with Crippen LogP contribution in [0, 0.1) is 11.9 Å². The molecule has 88 valence electrons. The van der Waals surface area contributed by atoms with Crippen LogP contribution in [0.4, 0.5) is 19.3 Å². The Labute approximate surface area is 90.9 Å². The Kier molecular flexibility index (Phi) is 3.36. The zero-order valence-corrected chi connectivity index (χ0v) is 9.04. The highest BCUT2D eigenvalue weighted by molar-refractivity contribution is 5.84. The van der Waals surface area contributed by atoms with Crippen molar-refractivity contribution in [3.05, 3.63) is 18.2 Å². The van der Waals surface area contributed by atoms with Gasteiger partial charge in [0.1, 0.15) is 11.9 Å². The molecule has 1 aromatic heterocycles. The largest absolute Gasteiger partial charge is 0.444 e. The normalized spacial score (nSPS) is 11.1. The molecule has 0 spiro atoms. The number of hydrogen-bond donors (Lipinski definition) is 1. The molecule has 0 atom stereocenters. The summed E-state index contributed by atoms with van der Waals surface area (Å²) in [5.41, 5.74) is -1.48. The number of nitrogens with one attached hydrogen (secondary N) is 1. The first-order valence-corrected chi connectivity index (χ1v) is 4.45. The summed E-state index contributed by atoms with van der Waals surface area (Å²) in [7, 11) is 0.